The number of phenolic OH excluding ortho intramolecular Hbond substituents is 1. The second-order valence-corrected chi connectivity index (χ2v) is 3.17. The van der Waals surface area contributed by atoms with E-state index in [4.69, 9.17) is 33.4 Å². The predicted molar refractivity (Wildman–Crippen MR) is 48.8 cm³/mol. The smallest absolute Gasteiger partial charge is 0.234 e. The van der Waals surface area contributed by atoms with Gasteiger partial charge in [-0.15, -0.1) is 0 Å². The second-order valence-electron chi connectivity index (χ2n) is 2.35. The molecule has 69 valence electrons. The molecule has 2 N–H and O–H groups in total. The first kappa shape index (κ1) is 10.3. The van der Waals surface area contributed by atoms with Gasteiger partial charge in [-0.05, 0) is 17.7 Å². The zero-order valence-corrected chi connectivity index (χ0v) is 7.80. The van der Waals surface area contributed by atoms with Crippen molar-refractivity contribution in [3.63, 3.8) is 0 Å². The van der Waals surface area contributed by atoms with Crippen LogP contribution in [-0.2, 0) is 4.79 Å². The van der Waals surface area contributed by atoms with Crippen LogP contribution in [0.15, 0.2) is 12.1 Å². The van der Waals surface area contributed by atoms with E-state index in [2.05, 4.69) is 0 Å². The lowest BCUT2D eigenvalue weighted by atomic mass is 10.1. The summed E-state index contributed by atoms with van der Waals surface area (Å²) < 4.78 is 0. The molecule has 1 atom stereocenters. The van der Waals surface area contributed by atoms with Crippen LogP contribution in [0.4, 0.5) is 0 Å². The Morgan fingerprint density at radius 3 is 2.15 bits per heavy atom. The van der Waals surface area contributed by atoms with Crippen molar-refractivity contribution in [1.82, 2.24) is 0 Å². The highest BCUT2D eigenvalue weighted by Crippen LogP contribution is 2.34. The Labute approximate surface area is 84.5 Å². The Balaban J connectivity index is 3.20. The van der Waals surface area contributed by atoms with Gasteiger partial charge in [-0.3, -0.25) is 4.79 Å². The van der Waals surface area contributed by atoms with E-state index in [1.807, 2.05) is 0 Å². The average molecular weight is 220 g/mol. The topological polar surface area (TPSA) is 57.5 Å². The van der Waals surface area contributed by atoms with Crippen LogP contribution in [0.25, 0.3) is 0 Å². The van der Waals surface area contributed by atoms with Crippen molar-refractivity contribution in [2.75, 3.05) is 0 Å². The van der Waals surface area contributed by atoms with Gasteiger partial charge >= 0.3 is 0 Å². The number of rotatable bonds is 2. The van der Waals surface area contributed by atoms with Crippen LogP contribution in [-0.4, -0.2) is 16.5 Å². The molecular formula is C8H5Cl2O3. The van der Waals surface area contributed by atoms with Crippen LogP contribution in [0.3, 0.4) is 0 Å². The van der Waals surface area contributed by atoms with Crippen molar-refractivity contribution in [3.8, 4) is 5.75 Å². The largest absolute Gasteiger partial charge is 0.505 e. The van der Waals surface area contributed by atoms with E-state index < -0.39 is 6.10 Å². The first-order chi connectivity index (χ1) is 6.06. The van der Waals surface area contributed by atoms with E-state index in [1.54, 1.807) is 0 Å². The van der Waals surface area contributed by atoms with Gasteiger partial charge in [0.25, 0.3) is 0 Å². The molecule has 1 aromatic carbocycles. The quantitative estimate of drug-likeness (QED) is 0.799. The van der Waals surface area contributed by atoms with Crippen molar-refractivity contribution >= 4 is 29.5 Å². The molecule has 13 heavy (non-hydrogen) atoms. The van der Waals surface area contributed by atoms with Gasteiger partial charge in [-0.25, -0.2) is 0 Å². The zero-order valence-electron chi connectivity index (χ0n) is 6.29. The van der Waals surface area contributed by atoms with Gasteiger partial charge in [0.1, 0.15) is 6.10 Å². The van der Waals surface area contributed by atoms with Crippen molar-refractivity contribution in [2.45, 2.75) is 6.10 Å². The van der Waals surface area contributed by atoms with E-state index in [1.165, 1.54) is 18.4 Å². The highest BCUT2D eigenvalue weighted by Gasteiger charge is 2.12. The summed E-state index contributed by atoms with van der Waals surface area (Å²) in [6, 6.07) is 2.50. The standard InChI is InChI=1S/C8H5Cl2O3/c9-5-1-4(7(12)3-11)2-6(10)8(5)13/h1-2,7,12-13H. The molecule has 0 saturated carbocycles. The van der Waals surface area contributed by atoms with Gasteiger partial charge < -0.3 is 10.2 Å². The molecule has 0 aliphatic carbocycles. The van der Waals surface area contributed by atoms with Crippen molar-refractivity contribution < 1.29 is 15.0 Å². The number of aromatic hydroxyl groups is 1. The Morgan fingerprint density at radius 2 is 1.77 bits per heavy atom. The maximum Gasteiger partial charge on any atom is 0.234 e. The molecule has 1 aromatic rings. The third-order valence-electron chi connectivity index (χ3n) is 1.47. The maximum absolute atomic E-state index is 10.1. The SMILES string of the molecule is O=[C]C(O)c1cc(Cl)c(O)c(Cl)c1. The fourth-order valence-electron chi connectivity index (χ4n) is 0.811. The summed E-state index contributed by atoms with van der Waals surface area (Å²) in [4.78, 5) is 10.1. The third kappa shape index (κ3) is 2.12. The van der Waals surface area contributed by atoms with E-state index in [-0.39, 0.29) is 21.4 Å². The number of aliphatic hydroxyl groups excluding tert-OH is 1. The number of hydrogen-bond acceptors (Lipinski definition) is 3. The van der Waals surface area contributed by atoms with Gasteiger partial charge in [0, 0.05) is 0 Å². The van der Waals surface area contributed by atoms with E-state index in [0.717, 1.165) is 0 Å². The van der Waals surface area contributed by atoms with Crippen LogP contribution in [0.2, 0.25) is 10.0 Å². The van der Waals surface area contributed by atoms with Crippen molar-refractivity contribution in [1.29, 1.82) is 0 Å². The van der Waals surface area contributed by atoms with E-state index in [0.29, 0.717) is 0 Å². The summed E-state index contributed by atoms with van der Waals surface area (Å²) in [5.74, 6) is -0.273. The summed E-state index contributed by atoms with van der Waals surface area (Å²) in [6.07, 6.45) is -0.0312. The molecule has 0 spiro atoms. The predicted octanol–water partition coefficient (Wildman–Crippen LogP) is 1.84. The van der Waals surface area contributed by atoms with Gasteiger partial charge in [0.05, 0.1) is 10.0 Å². The molecule has 0 aromatic heterocycles. The minimum absolute atomic E-state index is 0.0169. The Hall–Kier alpha value is -0.770. The Kier molecular flexibility index (Phi) is 3.14. The molecule has 0 fully saturated rings. The lowest BCUT2D eigenvalue weighted by Gasteiger charge is -2.05. The maximum atomic E-state index is 10.1. The summed E-state index contributed by atoms with van der Waals surface area (Å²) >= 11 is 11.1. The lowest BCUT2D eigenvalue weighted by Crippen LogP contribution is -1.97. The lowest BCUT2D eigenvalue weighted by molar-refractivity contribution is 0.240. The Bertz CT molecular complexity index is 315. The third-order valence-corrected chi connectivity index (χ3v) is 2.04. The minimum atomic E-state index is -1.39. The van der Waals surface area contributed by atoms with E-state index in [9.17, 15) is 4.79 Å². The zero-order chi connectivity index (χ0) is 10.0. The van der Waals surface area contributed by atoms with Crippen LogP contribution >= 0.6 is 23.2 Å². The first-order valence-corrected chi connectivity index (χ1v) is 4.05. The Morgan fingerprint density at radius 1 is 1.31 bits per heavy atom. The fourth-order valence-corrected chi connectivity index (χ4v) is 1.31. The number of benzene rings is 1. The van der Waals surface area contributed by atoms with Crippen LogP contribution in [0.5, 0.6) is 5.75 Å². The van der Waals surface area contributed by atoms with Gasteiger partial charge in [-0.2, -0.15) is 0 Å². The van der Waals surface area contributed by atoms with Gasteiger partial charge in [0.2, 0.25) is 6.29 Å². The highest BCUT2D eigenvalue weighted by molar-refractivity contribution is 6.37. The molecule has 0 saturated heterocycles. The van der Waals surface area contributed by atoms with Crippen LogP contribution in [0, 0.1) is 0 Å². The average Bonchev–Trinajstić information content (AvgIpc) is 2.12. The fraction of sp³-hybridized carbons (Fsp3) is 0.125. The van der Waals surface area contributed by atoms with Crippen LogP contribution < -0.4 is 0 Å². The summed E-state index contributed by atoms with van der Waals surface area (Å²) in [5, 5.41) is 18.2. The molecule has 1 rings (SSSR count). The molecule has 0 heterocycles. The molecule has 1 unspecified atom stereocenters. The number of hydrogen-bond donors (Lipinski definition) is 2. The summed E-state index contributed by atoms with van der Waals surface area (Å²) in [5.41, 5.74) is 0.197. The number of carbonyl (C=O) groups excluding carboxylic acids is 1. The highest BCUT2D eigenvalue weighted by atomic mass is 35.5. The number of halogens is 2. The molecular weight excluding hydrogens is 215 g/mol. The summed E-state index contributed by atoms with van der Waals surface area (Å²) in [7, 11) is 0. The van der Waals surface area contributed by atoms with Gasteiger partial charge in [0.15, 0.2) is 5.75 Å². The molecule has 0 aliphatic rings. The summed E-state index contributed by atoms with van der Waals surface area (Å²) in [6.45, 7) is 0. The number of aliphatic hydroxyl groups is 1. The molecule has 3 nitrogen and oxygen atoms in total. The molecule has 0 bridgehead atoms. The van der Waals surface area contributed by atoms with Gasteiger partial charge in [-0.1, -0.05) is 23.2 Å². The molecule has 1 radical (unpaired) electrons. The second kappa shape index (κ2) is 3.96. The van der Waals surface area contributed by atoms with Crippen molar-refractivity contribution in [2.24, 2.45) is 0 Å². The molecule has 5 heteroatoms. The van der Waals surface area contributed by atoms with E-state index >= 15 is 0 Å². The molecule has 0 aliphatic heterocycles. The number of phenols is 1. The molecule has 0 amide bonds. The van der Waals surface area contributed by atoms with Crippen LogP contribution in [0.1, 0.15) is 11.7 Å². The minimum Gasteiger partial charge on any atom is -0.505 e. The first-order valence-electron chi connectivity index (χ1n) is 3.30. The monoisotopic (exact) mass is 219 g/mol. The van der Waals surface area contributed by atoms with Crippen molar-refractivity contribution in [3.05, 3.63) is 27.7 Å². The normalized spacial score (nSPS) is 12.5.